The number of aryl methyl sites for hydroxylation is 1. The van der Waals surface area contributed by atoms with Gasteiger partial charge in [0.1, 0.15) is 5.75 Å². The summed E-state index contributed by atoms with van der Waals surface area (Å²) in [7, 11) is 1.64. The molecule has 0 bridgehead atoms. The van der Waals surface area contributed by atoms with Crippen LogP contribution in [0.25, 0.3) is 0 Å². The van der Waals surface area contributed by atoms with E-state index in [2.05, 4.69) is 5.32 Å². The molecular weight excluding hydrogens is 317 g/mol. The van der Waals surface area contributed by atoms with Crippen LogP contribution in [0.1, 0.15) is 11.1 Å². The smallest absolute Gasteiger partial charge is 0.142 e. The third-order valence-corrected chi connectivity index (χ3v) is 4.15. The number of anilines is 1. The Hall–Kier alpha value is -1.09. The first kappa shape index (κ1) is 15.3. The van der Waals surface area contributed by atoms with E-state index in [1.807, 2.05) is 25.1 Å². The Labute approximate surface area is 133 Å². The molecule has 2 aromatic rings. The topological polar surface area (TPSA) is 21.3 Å². The molecule has 2 rings (SSSR count). The molecule has 0 aliphatic heterocycles. The molecule has 0 saturated carbocycles. The van der Waals surface area contributed by atoms with Crippen LogP contribution in [0.3, 0.4) is 0 Å². The van der Waals surface area contributed by atoms with Crippen molar-refractivity contribution < 1.29 is 4.74 Å². The van der Waals surface area contributed by atoms with E-state index in [1.165, 1.54) is 0 Å². The van der Waals surface area contributed by atoms with Gasteiger partial charge in [0, 0.05) is 17.1 Å². The van der Waals surface area contributed by atoms with Crippen molar-refractivity contribution in [1.82, 2.24) is 0 Å². The van der Waals surface area contributed by atoms with Crippen LogP contribution in [0.5, 0.6) is 5.75 Å². The van der Waals surface area contributed by atoms with Gasteiger partial charge in [-0.15, -0.1) is 0 Å². The van der Waals surface area contributed by atoms with Gasteiger partial charge in [0.05, 0.1) is 22.8 Å². The van der Waals surface area contributed by atoms with Gasteiger partial charge < -0.3 is 10.1 Å². The molecule has 1 N–H and O–H groups in total. The average Bonchev–Trinajstić information content (AvgIpc) is 2.44. The fourth-order valence-electron chi connectivity index (χ4n) is 1.86. The Bertz CT molecular complexity index is 629. The van der Waals surface area contributed by atoms with E-state index in [9.17, 15) is 0 Å². The third kappa shape index (κ3) is 3.32. The van der Waals surface area contributed by atoms with Crippen LogP contribution >= 0.6 is 34.8 Å². The van der Waals surface area contributed by atoms with E-state index >= 15 is 0 Å². The molecule has 0 aromatic heterocycles. The molecule has 0 aliphatic carbocycles. The quantitative estimate of drug-likeness (QED) is 0.739. The molecule has 0 spiro atoms. The highest BCUT2D eigenvalue weighted by atomic mass is 35.5. The van der Waals surface area contributed by atoms with Crippen molar-refractivity contribution in [2.75, 3.05) is 12.4 Å². The maximum absolute atomic E-state index is 6.18. The van der Waals surface area contributed by atoms with Gasteiger partial charge in [-0.3, -0.25) is 0 Å². The first-order valence-electron chi connectivity index (χ1n) is 6.04. The number of rotatable bonds is 4. The number of methoxy groups -OCH3 is 1. The first-order valence-corrected chi connectivity index (χ1v) is 7.17. The number of benzene rings is 2. The number of halogens is 3. The highest BCUT2D eigenvalue weighted by Gasteiger charge is 2.10. The summed E-state index contributed by atoms with van der Waals surface area (Å²) in [4.78, 5) is 0. The van der Waals surface area contributed by atoms with Crippen molar-refractivity contribution in [2.24, 2.45) is 0 Å². The summed E-state index contributed by atoms with van der Waals surface area (Å²) in [5.41, 5.74) is 2.78. The number of hydrogen-bond acceptors (Lipinski definition) is 2. The SMILES string of the molecule is COc1cc(C)ccc1NCc1c(Cl)ccc(Cl)c1Cl. The van der Waals surface area contributed by atoms with Crippen LogP contribution < -0.4 is 10.1 Å². The van der Waals surface area contributed by atoms with E-state index in [-0.39, 0.29) is 0 Å². The molecule has 2 aromatic carbocycles. The van der Waals surface area contributed by atoms with Gasteiger partial charge in [-0.1, -0.05) is 40.9 Å². The number of ether oxygens (including phenoxy) is 1. The van der Waals surface area contributed by atoms with E-state index in [0.717, 1.165) is 22.6 Å². The second kappa shape index (κ2) is 6.57. The second-order valence-corrected chi connectivity index (χ2v) is 5.57. The van der Waals surface area contributed by atoms with Crippen LogP contribution in [0.4, 0.5) is 5.69 Å². The van der Waals surface area contributed by atoms with Crippen LogP contribution in [0, 0.1) is 6.92 Å². The van der Waals surface area contributed by atoms with Crippen molar-refractivity contribution >= 4 is 40.5 Å². The monoisotopic (exact) mass is 329 g/mol. The van der Waals surface area contributed by atoms with Gasteiger partial charge in [0.15, 0.2) is 0 Å². The van der Waals surface area contributed by atoms with Crippen molar-refractivity contribution in [2.45, 2.75) is 13.5 Å². The molecule has 0 fully saturated rings. The molecular formula is C15H14Cl3NO. The third-order valence-electron chi connectivity index (χ3n) is 2.95. The van der Waals surface area contributed by atoms with E-state index < -0.39 is 0 Å². The molecule has 5 heteroatoms. The first-order chi connectivity index (χ1) is 9.52. The Morgan fingerprint density at radius 3 is 2.45 bits per heavy atom. The Balaban J connectivity index is 2.23. The number of hydrogen-bond donors (Lipinski definition) is 1. The standard InChI is InChI=1S/C15H14Cl3NO/c1-9-3-6-13(14(7-9)20-2)19-8-10-11(16)4-5-12(17)15(10)18/h3-7,19H,8H2,1-2H3. The lowest BCUT2D eigenvalue weighted by Crippen LogP contribution is -2.03. The maximum atomic E-state index is 6.18. The minimum atomic E-state index is 0.470. The summed E-state index contributed by atoms with van der Waals surface area (Å²) < 4.78 is 5.34. The lowest BCUT2D eigenvalue weighted by molar-refractivity contribution is 0.416. The summed E-state index contributed by atoms with van der Waals surface area (Å²) in [5, 5.41) is 4.81. The summed E-state index contributed by atoms with van der Waals surface area (Å²) in [5.74, 6) is 0.777. The lowest BCUT2D eigenvalue weighted by atomic mass is 10.2. The van der Waals surface area contributed by atoms with E-state index in [1.54, 1.807) is 19.2 Å². The Morgan fingerprint density at radius 1 is 1.05 bits per heavy atom. The average molecular weight is 331 g/mol. The minimum Gasteiger partial charge on any atom is -0.495 e. The summed E-state index contributed by atoms with van der Waals surface area (Å²) >= 11 is 18.3. The highest BCUT2D eigenvalue weighted by molar-refractivity contribution is 6.44. The van der Waals surface area contributed by atoms with Crippen molar-refractivity contribution in [1.29, 1.82) is 0 Å². The zero-order valence-electron chi connectivity index (χ0n) is 11.1. The fraction of sp³-hybridized carbons (Fsp3) is 0.200. The molecule has 0 saturated heterocycles. The molecule has 0 radical (unpaired) electrons. The van der Waals surface area contributed by atoms with Crippen molar-refractivity contribution in [3.63, 3.8) is 0 Å². The summed E-state index contributed by atoms with van der Waals surface area (Å²) in [6, 6.07) is 9.34. The predicted molar refractivity (Wildman–Crippen MR) is 86.5 cm³/mol. The van der Waals surface area contributed by atoms with Crippen molar-refractivity contribution in [3.05, 3.63) is 56.5 Å². The van der Waals surface area contributed by atoms with Gasteiger partial charge in [0.25, 0.3) is 0 Å². The van der Waals surface area contributed by atoms with Crippen LogP contribution in [0.15, 0.2) is 30.3 Å². The van der Waals surface area contributed by atoms with Crippen molar-refractivity contribution in [3.8, 4) is 5.75 Å². The van der Waals surface area contributed by atoms with Gasteiger partial charge in [-0.2, -0.15) is 0 Å². The maximum Gasteiger partial charge on any atom is 0.142 e. The van der Waals surface area contributed by atoms with Gasteiger partial charge in [-0.05, 0) is 36.8 Å². The zero-order chi connectivity index (χ0) is 14.7. The molecule has 0 heterocycles. The minimum absolute atomic E-state index is 0.470. The zero-order valence-corrected chi connectivity index (χ0v) is 13.4. The van der Waals surface area contributed by atoms with Crippen LogP contribution in [-0.2, 0) is 6.54 Å². The highest BCUT2D eigenvalue weighted by Crippen LogP contribution is 2.33. The van der Waals surface area contributed by atoms with E-state index in [4.69, 9.17) is 39.5 Å². The molecule has 0 atom stereocenters. The molecule has 2 nitrogen and oxygen atoms in total. The van der Waals surface area contributed by atoms with Crippen LogP contribution in [-0.4, -0.2) is 7.11 Å². The van der Waals surface area contributed by atoms with Gasteiger partial charge >= 0.3 is 0 Å². The summed E-state index contributed by atoms with van der Waals surface area (Å²) in [6.45, 7) is 2.48. The summed E-state index contributed by atoms with van der Waals surface area (Å²) in [6.07, 6.45) is 0. The lowest BCUT2D eigenvalue weighted by Gasteiger charge is -2.14. The van der Waals surface area contributed by atoms with E-state index in [0.29, 0.717) is 21.6 Å². The fourth-order valence-corrected chi connectivity index (χ4v) is 2.54. The molecule has 106 valence electrons. The number of nitrogens with one attached hydrogen (secondary N) is 1. The predicted octanol–water partition coefficient (Wildman–Crippen LogP) is 5.58. The second-order valence-electron chi connectivity index (χ2n) is 4.38. The molecule has 20 heavy (non-hydrogen) atoms. The van der Waals surface area contributed by atoms with Gasteiger partial charge in [-0.25, -0.2) is 0 Å². The molecule has 0 unspecified atom stereocenters. The van der Waals surface area contributed by atoms with Crippen LogP contribution in [0.2, 0.25) is 15.1 Å². The molecule has 0 amide bonds. The largest absolute Gasteiger partial charge is 0.495 e. The Kier molecular flexibility index (Phi) is 5.03. The Morgan fingerprint density at radius 2 is 1.75 bits per heavy atom. The van der Waals surface area contributed by atoms with Gasteiger partial charge in [0.2, 0.25) is 0 Å². The normalized spacial score (nSPS) is 10.4. The molecule has 0 aliphatic rings.